The van der Waals surface area contributed by atoms with Crippen LogP contribution >= 0.6 is 0 Å². The predicted molar refractivity (Wildman–Crippen MR) is 140 cm³/mol. The molecule has 3 aromatic rings. The molecule has 1 heterocycles. The summed E-state index contributed by atoms with van der Waals surface area (Å²) >= 11 is 0. The van der Waals surface area contributed by atoms with Crippen molar-refractivity contribution in [2.45, 2.75) is 36.5 Å². The molecule has 1 N–H and O–H groups in total. The smallest absolute Gasteiger partial charge is 0.264 e. The van der Waals surface area contributed by atoms with E-state index < -0.39 is 21.3 Å². The van der Waals surface area contributed by atoms with Crippen LogP contribution in [0, 0.1) is 6.92 Å². The average molecular weight is 509 g/mol. The lowest BCUT2D eigenvalue weighted by Gasteiger charge is -2.43. The van der Waals surface area contributed by atoms with Crippen molar-refractivity contribution < 1.29 is 22.7 Å². The second-order valence-electron chi connectivity index (χ2n) is 9.19. The maximum atomic E-state index is 13.2. The fraction of sp³-hybridized carbons (Fsp3) is 0.321. The lowest BCUT2D eigenvalue weighted by atomic mass is 9.70. The summed E-state index contributed by atoms with van der Waals surface area (Å²) in [5, 5.41) is 0. The Balaban J connectivity index is 1.59. The van der Waals surface area contributed by atoms with Crippen LogP contribution in [0.3, 0.4) is 0 Å². The van der Waals surface area contributed by atoms with Crippen molar-refractivity contribution in [3.63, 3.8) is 0 Å². The molecule has 0 aliphatic carbocycles. The summed E-state index contributed by atoms with van der Waals surface area (Å²) in [5.74, 6) is 0.976. The number of sulfonamides is 1. The molecular formula is C28H32N2O5S. The number of piperidine rings is 1. The lowest BCUT2D eigenvalue weighted by molar-refractivity contribution is -0.120. The van der Waals surface area contributed by atoms with E-state index >= 15 is 0 Å². The zero-order valence-electron chi connectivity index (χ0n) is 20.9. The number of para-hydroxylation sites is 2. The topological polar surface area (TPSA) is 84.9 Å². The largest absolute Gasteiger partial charge is 0.497 e. The molecule has 36 heavy (non-hydrogen) atoms. The molecule has 0 bridgehead atoms. The van der Waals surface area contributed by atoms with Crippen molar-refractivity contribution in [3.8, 4) is 11.5 Å². The van der Waals surface area contributed by atoms with Gasteiger partial charge in [-0.1, -0.05) is 42.0 Å². The van der Waals surface area contributed by atoms with Crippen LogP contribution < -0.4 is 19.1 Å². The first-order valence-electron chi connectivity index (χ1n) is 11.9. The zero-order valence-corrected chi connectivity index (χ0v) is 21.7. The summed E-state index contributed by atoms with van der Waals surface area (Å²) in [6.45, 7) is 3.26. The van der Waals surface area contributed by atoms with Gasteiger partial charge in [-0.05, 0) is 61.7 Å². The molecule has 0 atom stereocenters. The minimum atomic E-state index is -3.96. The second kappa shape index (κ2) is 10.6. The van der Waals surface area contributed by atoms with Crippen molar-refractivity contribution in [1.29, 1.82) is 0 Å². The van der Waals surface area contributed by atoms with Gasteiger partial charge in [-0.15, -0.1) is 0 Å². The number of benzene rings is 3. The van der Waals surface area contributed by atoms with Crippen LogP contribution in [0.2, 0.25) is 0 Å². The third kappa shape index (κ3) is 5.49. The van der Waals surface area contributed by atoms with Gasteiger partial charge in [0.2, 0.25) is 5.91 Å². The van der Waals surface area contributed by atoms with Gasteiger partial charge in [0.15, 0.2) is 0 Å². The number of nitrogens with zero attached hydrogens (tertiary/aromatic N) is 1. The molecule has 1 aliphatic heterocycles. The monoisotopic (exact) mass is 508 g/mol. The van der Waals surface area contributed by atoms with E-state index in [0.29, 0.717) is 31.7 Å². The van der Waals surface area contributed by atoms with Gasteiger partial charge in [-0.3, -0.25) is 4.79 Å². The van der Waals surface area contributed by atoms with Crippen molar-refractivity contribution >= 4 is 21.6 Å². The molecule has 4 rings (SSSR count). The Hall–Kier alpha value is -3.52. The second-order valence-corrected chi connectivity index (χ2v) is 10.9. The van der Waals surface area contributed by atoms with Crippen molar-refractivity contribution in [3.05, 3.63) is 83.9 Å². The van der Waals surface area contributed by atoms with E-state index in [9.17, 15) is 13.2 Å². The van der Waals surface area contributed by atoms with E-state index in [1.807, 2.05) is 55.5 Å². The number of aryl methyl sites for hydroxylation is 1. The van der Waals surface area contributed by atoms with Crippen LogP contribution in [-0.2, 0) is 20.2 Å². The van der Waals surface area contributed by atoms with Gasteiger partial charge in [0, 0.05) is 24.9 Å². The van der Waals surface area contributed by atoms with Gasteiger partial charge < -0.3 is 14.4 Å². The summed E-state index contributed by atoms with van der Waals surface area (Å²) in [5.41, 5.74) is 2.37. The summed E-state index contributed by atoms with van der Waals surface area (Å²) in [6.07, 6.45) is 1.37. The van der Waals surface area contributed by atoms with Crippen LogP contribution in [0.1, 0.15) is 30.4 Å². The SMILES string of the molecule is COc1cccc(C2(CC(=O)NS(=O)(=O)c3ccc(C)cc3)CCN(c3ccccc3OC)CC2)c1. The van der Waals surface area contributed by atoms with Gasteiger partial charge in [0.25, 0.3) is 10.0 Å². The maximum Gasteiger partial charge on any atom is 0.264 e. The minimum absolute atomic E-state index is 0.0467. The molecule has 0 unspecified atom stereocenters. The number of nitrogens with one attached hydrogen (secondary N) is 1. The van der Waals surface area contributed by atoms with Crippen molar-refractivity contribution in [2.24, 2.45) is 0 Å². The highest BCUT2D eigenvalue weighted by Gasteiger charge is 2.39. The molecule has 1 saturated heterocycles. The number of methoxy groups -OCH3 is 2. The number of ether oxygens (including phenoxy) is 2. The highest BCUT2D eigenvalue weighted by molar-refractivity contribution is 7.90. The van der Waals surface area contributed by atoms with Crippen LogP contribution in [-0.4, -0.2) is 41.6 Å². The van der Waals surface area contributed by atoms with E-state index in [1.165, 1.54) is 12.1 Å². The van der Waals surface area contributed by atoms with Gasteiger partial charge in [0.1, 0.15) is 11.5 Å². The number of amides is 1. The number of rotatable bonds is 8. The summed E-state index contributed by atoms with van der Waals surface area (Å²) < 4.78 is 39.0. The van der Waals surface area contributed by atoms with E-state index in [2.05, 4.69) is 9.62 Å². The number of anilines is 1. The minimum Gasteiger partial charge on any atom is -0.497 e. The maximum absolute atomic E-state index is 13.2. The Morgan fingerprint density at radius 3 is 2.31 bits per heavy atom. The molecule has 190 valence electrons. The Labute approximate surface area is 213 Å². The number of carbonyl (C=O) groups is 1. The van der Waals surface area contributed by atoms with Crippen LogP contribution in [0.25, 0.3) is 0 Å². The fourth-order valence-corrected chi connectivity index (χ4v) is 5.84. The standard InChI is InChI=1S/C28H32N2O5S/c1-21-11-13-24(14-12-21)36(32,33)29-27(31)20-28(22-7-6-8-23(19-22)34-2)15-17-30(18-16-28)25-9-4-5-10-26(25)35-3/h4-14,19H,15-18,20H2,1-3H3,(H,29,31). The lowest BCUT2D eigenvalue weighted by Crippen LogP contribution is -2.46. The molecule has 3 aromatic carbocycles. The Morgan fingerprint density at radius 1 is 0.944 bits per heavy atom. The molecule has 7 nitrogen and oxygen atoms in total. The number of hydrogen-bond donors (Lipinski definition) is 1. The van der Waals surface area contributed by atoms with Crippen molar-refractivity contribution in [2.75, 3.05) is 32.2 Å². The molecule has 8 heteroatoms. The fourth-order valence-electron chi connectivity index (χ4n) is 4.86. The highest BCUT2D eigenvalue weighted by Crippen LogP contribution is 2.42. The Morgan fingerprint density at radius 2 is 1.64 bits per heavy atom. The summed E-state index contributed by atoms with van der Waals surface area (Å²) in [4.78, 5) is 15.5. The quantitative estimate of drug-likeness (QED) is 0.484. The van der Waals surface area contributed by atoms with Crippen LogP contribution in [0.4, 0.5) is 5.69 Å². The summed E-state index contributed by atoms with van der Waals surface area (Å²) in [6, 6.07) is 22.0. The average Bonchev–Trinajstić information content (AvgIpc) is 2.89. The molecule has 1 fully saturated rings. The summed E-state index contributed by atoms with van der Waals surface area (Å²) in [7, 11) is -0.700. The Bertz CT molecular complexity index is 1310. The molecule has 0 spiro atoms. The van der Waals surface area contributed by atoms with Crippen LogP contribution in [0.5, 0.6) is 11.5 Å². The molecule has 1 aliphatic rings. The highest BCUT2D eigenvalue weighted by atomic mass is 32.2. The van der Waals surface area contributed by atoms with E-state index in [0.717, 1.165) is 22.6 Å². The normalized spacial score (nSPS) is 15.2. The van der Waals surface area contributed by atoms with Gasteiger partial charge >= 0.3 is 0 Å². The third-order valence-electron chi connectivity index (χ3n) is 6.91. The first-order chi connectivity index (χ1) is 17.3. The molecule has 0 aromatic heterocycles. The molecular weight excluding hydrogens is 476 g/mol. The van der Waals surface area contributed by atoms with Crippen LogP contribution in [0.15, 0.2) is 77.7 Å². The first-order valence-corrected chi connectivity index (χ1v) is 13.4. The number of carbonyl (C=O) groups excluding carboxylic acids is 1. The third-order valence-corrected chi connectivity index (χ3v) is 8.30. The van der Waals surface area contributed by atoms with Gasteiger partial charge in [0.05, 0.1) is 24.8 Å². The van der Waals surface area contributed by atoms with E-state index in [1.54, 1.807) is 26.4 Å². The van der Waals surface area contributed by atoms with Gasteiger partial charge in [-0.25, -0.2) is 13.1 Å². The zero-order chi connectivity index (χ0) is 25.8. The predicted octanol–water partition coefficient (Wildman–Crippen LogP) is 4.45. The first kappa shape index (κ1) is 25.6. The van der Waals surface area contributed by atoms with E-state index in [-0.39, 0.29) is 11.3 Å². The number of hydrogen-bond acceptors (Lipinski definition) is 6. The van der Waals surface area contributed by atoms with Gasteiger partial charge in [-0.2, -0.15) is 0 Å². The van der Waals surface area contributed by atoms with E-state index in [4.69, 9.17) is 9.47 Å². The molecule has 0 saturated carbocycles. The molecule has 1 amide bonds. The van der Waals surface area contributed by atoms with Crippen molar-refractivity contribution in [1.82, 2.24) is 4.72 Å². The Kier molecular flexibility index (Phi) is 7.54. The molecule has 0 radical (unpaired) electrons.